The lowest BCUT2D eigenvalue weighted by atomic mass is 10.1. The topological polar surface area (TPSA) is 74.4 Å². The fraction of sp³-hybridized carbons (Fsp3) is 0.389. The van der Waals surface area contributed by atoms with Gasteiger partial charge in [0.1, 0.15) is 5.60 Å². The molecule has 0 bridgehead atoms. The first kappa shape index (κ1) is 16.4. The van der Waals surface area contributed by atoms with Gasteiger partial charge in [-0.3, -0.25) is 10.1 Å². The second kappa shape index (κ2) is 6.19. The van der Waals surface area contributed by atoms with Crippen molar-refractivity contribution in [2.24, 2.45) is 0 Å². The third-order valence-electron chi connectivity index (χ3n) is 3.78. The summed E-state index contributed by atoms with van der Waals surface area (Å²) in [4.78, 5) is 29.8. The Morgan fingerprint density at radius 2 is 1.92 bits per heavy atom. The molecule has 0 unspecified atom stereocenters. The first-order valence-corrected chi connectivity index (χ1v) is 8.08. The van der Waals surface area contributed by atoms with Gasteiger partial charge in [-0.2, -0.15) is 0 Å². The molecule has 2 heterocycles. The van der Waals surface area contributed by atoms with Crippen molar-refractivity contribution in [3.8, 4) is 0 Å². The van der Waals surface area contributed by atoms with Crippen LogP contribution in [0.25, 0.3) is 10.9 Å². The lowest BCUT2D eigenvalue weighted by Crippen LogP contribution is -2.50. The quantitative estimate of drug-likeness (QED) is 0.910. The fourth-order valence-electron chi connectivity index (χ4n) is 2.53. The van der Waals surface area contributed by atoms with Crippen molar-refractivity contribution in [3.63, 3.8) is 0 Å². The van der Waals surface area contributed by atoms with Crippen molar-refractivity contribution >= 4 is 22.9 Å². The Morgan fingerprint density at radius 1 is 1.21 bits per heavy atom. The molecular weight excluding hydrogens is 306 g/mol. The Kier molecular flexibility index (Phi) is 4.22. The fourth-order valence-corrected chi connectivity index (χ4v) is 2.53. The molecule has 1 radical (unpaired) electrons. The van der Waals surface area contributed by atoms with Gasteiger partial charge < -0.3 is 14.6 Å². The zero-order valence-electron chi connectivity index (χ0n) is 14.2. The van der Waals surface area contributed by atoms with E-state index in [4.69, 9.17) is 4.74 Å². The van der Waals surface area contributed by atoms with Crippen molar-refractivity contribution in [1.82, 2.24) is 15.2 Å². The summed E-state index contributed by atoms with van der Waals surface area (Å²) in [5, 5.41) is 3.61. The van der Waals surface area contributed by atoms with E-state index >= 15 is 0 Å². The van der Waals surface area contributed by atoms with Crippen molar-refractivity contribution in [1.29, 1.82) is 0 Å². The molecule has 0 saturated carbocycles. The maximum Gasteiger partial charge on any atom is 0.408 e. The zero-order chi connectivity index (χ0) is 17.3. The molecule has 1 saturated heterocycles. The average Bonchev–Trinajstić information content (AvgIpc) is 2.84. The predicted octanol–water partition coefficient (Wildman–Crippen LogP) is 2.80. The first-order valence-electron chi connectivity index (χ1n) is 8.08. The van der Waals surface area contributed by atoms with E-state index in [0.717, 1.165) is 17.3 Å². The average molecular weight is 328 g/mol. The summed E-state index contributed by atoms with van der Waals surface area (Å²) < 4.78 is 5.29. The molecule has 127 valence electrons. The van der Waals surface area contributed by atoms with Crippen LogP contribution in [0.2, 0.25) is 0 Å². The molecule has 2 N–H and O–H groups in total. The molecular formula is C18H22N3O3. The van der Waals surface area contributed by atoms with Gasteiger partial charge in [0.25, 0.3) is 5.91 Å². The third-order valence-corrected chi connectivity index (χ3v) is 3.78. The number of likely N-dealkylation sites (tertiary alicyclic amines) is 1. The molecule has 1 aromatic heterocycles. The minimum atomic E-state index is -0.634. The molecule has 0 aliphatic carbocycles. The minimum Gasteiger partial charge on any atom is -0.444 e. The van der Waals surface area contributed by atoms with E-state index in [0.29, 0.717) is 18.8 Å². The van der Waals surface area contributed by atoms with E-state index in [-0.39, 0.29) is 11.9 Å². The summed E-state index contributed by atoms with van der Waals surface area (Å²) in [5.41, 5.74) is 0.862. The highest BCUT2D eigenvalue weighted by Crippen LogP contribution is 2.23. The molecule has 6 heteroatoms. The Balaban J connectivity index is 1.86. The monoisotopic (exact) mass is 328 g/mol. The molecule has 0 atom stereocenters. The van der Waals surface area contributed by atoms with E-state index in [2.05, 4.69) is 10.3 Å². The molecule has 1 fully saturated rings. The van der Waals surface area contributed by atoms with Crippen molar-refractivity contribution in [2.45, 2.75) is 32.8 Å². The highest BCUT2D eigenvalue weighted by atomic mass is 16.6. The number of ether oxygens (including phenoxy) is 1. The van der Waals surface area contributed by atoms with Crippen LogP contribution < -0.4 is 5.32 Å². The van der Waals surface area contributed by atoms with Crippen molar-refractivity contribution in [3.05, 3.63) is 42.1 Å². The number of fused-ring (bicyclic) bond motifs is 1. The van der Waals surface area contributed by atoms with Gasteiger partial charge in [0, 0.05) is 18.6 Å². The van der Waals surface area contributed by atoms with Crippen LogP contribution in [-0.4, -0.2) is 40.6 Å². The third kappa shape index (κ3) is 3.53. The van der Waals surface area contributed by atoms with Crippen LogP contribution in [-0.2, 0) is 9.53 Å². The number of benzene rings is 1. The molecule has 2 amide bonds. The summed E-state index contributed by atoms with van der Waals surface area (Å²) >= 11 is 0. The van der Waals surface area contributed by atoms with Gasteiger partial charge in [0.2, 0.25) is 6.04 Å². The molecule has 0 spiro atoms. The highest BCUT2D eigenvalue weighted by molar-refractivity contribution is 5.98. The number of H-pyrrole nitrogens is 1. The number of carbonyl (C=O) groups is 2. The van der Waals surface area contributed by atoms with Crippen LogP contribution in [0.1, 0.15) is 32.9 Å². The number of nitrogens with zero attached hydrogens (tertiary/aromatic N) is 1. The van der Waals surface area contributed by atoms with Crippen LogP contribution in [0, 0.1) is 6.04 Å². The first-order chi connectivity index (χ1) is 11.3. The summed E-state index contributed by atoms with van der Waals surface area (Å²) in [6.45, 7) is 6.77. The SMILES string of the molecule is CC(C)(C)OC(=O)N[C](C(=O)N1CCC1)c1cc2ccccc2[nH]1. The molecule has 1 aliphatic rings. The predicted molar refractivity (Wildman–Crippen MR) is 91.2 cm³/mol. The van der Waals surface area contributed by atoms with Gasteiger partial charge >= 0.3 is 6.09 Å². The van der Waals surface area contributed by atoms with Gasteiger partial charge in [-0.25, -0.2) is 4.79 Å². The normalized spacial score (nSPS) is 14.6. The highest BCUT2D eigenvalue weighted by Gasteiger charge is 2.34. The van der Waals surface area contributed by atoms with Crippen LogP contribution in [0.15, 0.2) is 30.3 Å². The van der Waals surface area contributed by atoms with Crippen LogP contribution in [0.5, 0.6) is 0 Å². The lowest BCUT2D eigenvalue weighted by molar-refractivity contribution is -0.132. The number of para-hydroxylation sites is 1. The van der Waals surface area contributed by atoms with Gasteiger partial charge in [0.15, 0.2) is 0 Å². The molecule has 24 heavy (non-hydrogen) atoms. The van der Waals surface area contributed by atoms with Crippen molar-refractivity contribution in [2.75, 3.05) is 13.1 Å². The van der Waals surface area contributed by atoms with Crippen LogP contribution in [0.4, 0.5) is 4.79 Å². The molecule has 6 nitrogen and oxygen atoms in total. The Bertz CT molecular complexity index is 723. The number of alkyl carbamates (subject to hydrolysis) is 1. The summed E-state index contributed by atoms with van der Waals surface area (Å²) in [6, 6.07) is 9.81. The molecule has 1 aromatic carbocycles. The lowest BCUT2D eigenvalue weighted by Gasteiger charge is -2.33. The van der Waals surface area contributed by atoms with E-state index in [9.17, 15) is 9.59 Å². The summed E-state index contributed by atoms with van der Waals surface area (Å²) in [7, 11) is 0. The Morgan fingerprint density at radius 3 is 2.50 bits per heavy atom. The smallest absolute Gasteiger partial charge is 0.408 e. The van der Waals surface area contributed by atoms with Crippen LogP contribution >= 0.6 is 0 Å². The summed E-state index contributed by atoms with van der Waals surface area (Å²) in [5.74, 6) is -0.196. The Labute approximate surface area is 141 Å². The number of aromatic nitrogens is 1. The van der Waals surface area contributed by atoms with Gasteiger partial charge in [-0.05, 0) is 44.7 Å². The zero-order valence-corrected chi connectivity index (χ0v) is 14.2. The molecule has 3 rings (SSSR count). The molecule has 1 aliphatic heterocycles. The van der Waals surface area contributed by atoms with E-state index in [1.165, 1.54) is 0 Å². The second-order valence-electron chi connectivity index (χ2n) is 6.92. The minimum absolute atomic E-state index is 0.196. The van der Waals surface area contributed by atoms with Crippen molar-refractivity contribution < 1.29 is 14.3 Å². The number of amides is 2. The van der Waals surface area contributed by atoms with Gasteiger partial charge in [-0.1, -0.05) is 18.2 Å². The second-order valence-corrected chi connectivity index (χ2v) is 6.92. The van der Waals surface area contributed by atoms with E-state index < -0.39 is 11.7 Å². The number of nitrogens with one attached hydrogen (secondary N) is 2. The number of hydrogen-bond donors (Lipinski definition) is 2. The number of hydrogen-bond acceptors (Lipinski definition) is 3. The number of carbonyl (C=O) groups excluding carboxylic acids is 2. The standard InChI is InChI=1S/C18H22N3O3/c1-18(2,3)24-17(23)20-15(16(22)21-9-6-10-21)14-11-12-7-4-5-8-13(12)19-14/h4-5,7-8,11,19H,6,9-10H2,1-3H3,(H,20,23). The maximum atomic E-state index is 12.7. The van der Waals surface area contributed by atoms with Gasteiger partial charge in [-0.15, -0.1) is 0 Å². The largest absolute Gasteiger partial charge is 0.444 e. The van der Waals surface area contributed by atoms with E-state index in [1.807, 2.05) is 30.3 Å². The molecule has 2 aromatic rings. The van der Waals surface area contributed by atoms with E-state index in [1.54, 1.807) is 25.7 Å². The summed E-state index contributed by atoms with van der Waals surface area (Å²) in [6.07, 6.45) is 0.350. The van der Waals surface area contributed by atoms with Crippen LogP contribution in [0.3, 0.4) is 0 Å². The maximum absolute atomic E-state index is 12.7. The van der Waals surface area contributed by atoms with Gasteiger partial charge in [0.05, 0.1) is 5.69 Å². The number of aromatic amines is 1. The number of rotatable bonds is 3. The Hall–Kier alpha value is -2.50.